The van der Waals surface area contributed by atoms with Crippen LogP contribution in [0.4, 0.5) is 0 Å². The van der Waals surface area contributed by atoms with E-state index in [0.717, 1.165) is 0 Å². The summed E-state index contributed by atoms with van der Waals surface area (Å²) in [5.41, 5.74) is 0. The van der Waals surface area contributed by atoms with Crippen LogP contribution < -0.4 is 0 Å². The van der Waals surface area contributed by atoms with Gasteiger partial charge in [0.1, 0.15) is 0 Å². The van der Waals surface area contributed by atoms with Crippen molar-refractivity contribution in [2.45, 2.75) is 62.3 Å². The fourth-order valence-electron chi connectivity index (χ4n) is 1.28. The van der Waals surface area contributed by atoms with Crippen LogP contribution in [0, 0.1) is 0 Å². The molecule has 0 bridgehead atoms. The topological polar surface area (TPSA) is 100 Å². The second-order valence-corrected chi connectivity index (χ2v) is 8.10. The van der Waals surface area contributed by atoms with Gasteiger partial charge in [-0.25, -0.2) is 0 Å². The molecule has 206 valence electrons. The molecule has 0 heterocycles. The van der Waals surface area contributed by atoms with Crippen molar-refractivity contribution < 1.29 is 62.0 Å². The van der Waals surface area contributed by atoms with E-state index < -0.39 is 25.8 Å². The molecule has 0 aromatic carbocycles. The Hall–Kier alpha value is 1.09. The van der Waals surface area contributed by atoms with Gasteiger partial charge in [0.05, 0.1) is 59.5 Å². The second kappa shape index (κ2) is 43.2. The first-order chi connectivity index (χ1) is 15.5. The maximum atomic E-state index is 7.50. The second-order valence-electron chi connectivity index (χ2n) is 4.43. The van der Waals surface area contributed by atoms with E-state index in [1.165, 1.54) is 0 Å². The van der Waals surface area contributed by atoms with Crippen LogP contribution in [-0.2, 0) is 62.0 Å². The molecule has 0 aromatic heterocycles. The standard InChI is InChI=1S/3C6H15O3P.CO.Ni/c3*1-4-7-10(8-5-2)9-6-3;1-2;/h3*4-6H2,1-3H3;;. The maximum absolute atomic E-state index is 7.50. The third kappa shape index (κ3) is 40.5. The molecule has 0 fully saturated rings. The largest absolute Gasteiger partial charge is 0.332 e. The van der Waals surface area contributed by atoms with E-state index in [2.05, 4.69) is 6.79 Å². The van der Waals surface area contributed by atoms with Gasteiger partial charge in [-0.15, -0.1) is 0 Å². The molecule has 0 aromatic rings. The molecule has 0 rings (SSSR count). The summed E-state index contributed by atoms with van der Waals surface area (Å²) < 4.78 is 46.3. The third-order valence-corrected chi connectivity index (χ3v) is 6.33. The van der Waals surface area contributed by atoms with Crippen molar-refractivity contribution in [3.63, 3.8) is 0 Å². The van der Waals surface area contributed by atoms with E-state index in [-0.39, 0.29) is 16.5 Å². The Bertz CT molecular complexity index is 231. The van der Waals surface area contributed by atoms with Gasteiger partial charge >= 0.3 is 25.8 Å². The van der Waals surface area contributed by atoms with Crippen LogP contribution in [0.2, 0.25) is 0 Å². The quantitative estimate of drug-likeness (QED) is 0.130. The Morgan fingerprint density at radius 1 is 0.364 bits per heavy atom. The Labute approximate surface area is 216 Å². The molecule has 0 aliphatic heterocycles. The van der Waals surface area contributed by atoms with Crippen molar-refractivity contribution in [2.75, 3.05) is 59.5 Å². The minimum Gasteiger partial charge on any atom is -0.313 e. The number of rotatable bonds is 18. The minimum absolute atomic E-state index is 0. The van der Waals surface area contributed by atoms with Crippen LogP contribution >= 0.6 is 25.8 Å². The zero-order valence-corrected chi connectivity index (χ0v) is 25.3. The summed E-state index contributed by atoms with van der Waals surface area (Å²) in [5, 5.41) is 0. The van der Waals surface area contributed by atoms with Crippen molar-refractivity contribution in [3.8, 4) is 0 Å². The van der Waals surface area contributed by atoms with Gasteiger partial charge in [0.15, 0.2) is 0 Å². The average Bonchev–Trinajstić information content (AvgIpc) is 2.78. The van der Waals surface area contributed by atoms with E-state index in [1.807, 2.05) is 62.3 Å². The van der Waals surface area contributed by atoms with Crippen molar-refractivity contribution in [1.82, 2.24) is 0 Å². The first kappa shape index (κ1) is 44.1. The molecule has 0 saturated carbocycles. The Morgan fingerprint density at radius 3 is 0.515 bits per heavy atom. The molecule has 0 atom stereocenters. The van der Waals surface area contributed by atoms with Gasteiger partial charge < -0.3 is 40.7 Å². The zero-order chi connectivity index (χ0) is 25.5. The average molecular weight is 585 g/mol. The molecule has 0 aliphatic carbocycles. The molecule has 33 heavy (non-hydrogen) atoms. The number of hydrogen-bond donors (Lipinski definition) is 0. The van der Waals surface area contributed by atoms with E-state index >= 15 is 0 Å². The third-order valence-electron chi connectivity index (χ3n) is 2.11. The minimum atomic E-state index is -1.06. The molecular formula is C19H45NiO10P3. The van der Waals surface area contributed by atoms with Gasteiger partial charge in [-0.3, -0.25) is 4.79 Å². The first-order valence-corrected chi connectivity index (χ1v) is 14.1. The molecule has 0 spiro atoms. The zero-order valence-electron chi connectivity index (χ0n) is 21.6. The van der Waals surface area contributed by atoms with Gasteiger partial charge in [-0.2, -0.15) is 0 Å². The van der Waals surface area contributed by atoms with E-state index in [1.54, 1.807) is 0 Å². The fraction of sp³-hybridized carbons (Fsp3) is 0.947. The van der Waals surface area contributed by atoms with Crippen molar-refractivity contribution >= 4 is 32.6 Å². The smallest absolute Gasteiger partial charge is 0.313 e. The molecule has 10 nitrogen and oxygen atoms in total. The van der Waals surface area contributed by atoms with E-state index in [9.17, 15) is 0 Å². The maximum Gasteiger partial charge on any atom is 0.332 e. The molecule has 0 aliphatic rings. The SMILES string of the molecule is CCOP(OCC)OCC.CCOP(OCC)OCC.CCOP(OCC)OCC.[C]=O.[Ni]. The normalized spacial score (nSPS) is 9.94. The van der Waals surface area contributed by atoms with Crippen molar-refractivity contribution in [3.05, 3.63) is 0 Å². The number of carbonyl (C=O) groups excluding carboxylic acids is 1. The van der Waals surface area contributed by atoms with Crippen LogP contribution in [0.1, 0.15) is 62.3 Å². The summed E-state index contributed by atoms with van der Waals surface area (Å²) in [6.07, 6.45) is 0. The van der Waals surface area contributed by atoms with Gasteiger partial charge in [-0.1, -0.05) is 0 Å². The van der Waals surface area contributed by atoms with E-state index in [4.69, 9.17) is 45.5 Å². The van der Waals surface area contributed by atoms with Crippen LogP contribution in [0.15, 0.2) is 0 Å². The summed E-state index contributed by atoms with van der Waals surface area (Å²) in [5.74, 6) is 0. The number of hydrogen-bond acceptors (Lipinski definition) is 10. The summed E-state index contributed by atoms with van der Waals surface area (Å²) in [4.78, 5) is 7.50. The molecule has 0 unspecified atom stereocenters. The summed E-state index contributed by atoms with van der Waals surface area (Å²) in [6.45, 7) is 27.6. The van der Waals surface area contributed by atoms with Crippen LogP contribution in [0.3, 0.4) is 0 Å². The Morgan fingerprint density at radius 2 is 0.455 bits per heavy atom. The van der Waals surface area contributed by atoms with Crippen molar-refractivity contribution in [1.29, 1.82) is 0 Å². The van der Waals surface area contributed by atoms with Gasteiger partial charge in [0.2, 0.25) is 0 Å². The van der Waals surface area contributed by atoms with E-state index in [0.29, 0.717) is 59.5 Å². The molecule has 0 N–H and O–H groups in total. The predicted octanol–water partition coefficient (Wildman–Crippen LogP) is 6.57. The van der Waals surface area contributed by atoms with Crippen molar-refractivity contribution in [2.24, 2.45) is 0 Å². The summed E-state index contributed by atoms with van der Waals surface area (Å²) >= 11 is 0. The Balaban J connectivity index is -0.000000113. The molecule has 0 saturated heterocycles. The van der Waals surface area contributed by atoms with Gasteiger partial charge in [-0.05, 0) is 62.3 Å². The van der Waals surface area contributed by atoms with Gasteiger partial charge in [0, 0.05) is 16.5 Å². The van der Waals surface area contributed by atoms with Crippen LogP contribution in [0.25, 0.3) is 0 Å². The molecule has 0 amide bonds. The monoisotopic (exact) mass is 584 g/mol. The van der Waals surface area contributed by atoms with Crippen LogP contribution in [-0.4, -0.2) is 66.3 Å². The first-order valence-electron chi connectivity index (χ1n) is 10.8. The fourth-order valence-corrected chi connectivity index (χ4v) is 3.85. The summed E-state index contributed by atoms with van der Waals surface area (Å²) in [6, 6.07) is 0. The van der Waals surface area contributed by atoms with Crippen LogP contribution in [0.5, 0.6) is 0 Å². The molecule has 14 heteroatoms. The summed E-state index contributed by atoms with van der Waals surface area (Å²) in [7, 11) is -3.18. The Kier molecular flexibility index (Phi) is 57.7. The predicted molar refractivity (Wildman–Crippen MR) is 131 cm³/mol. The molecular weight excluding hydrogens is 540 g/mol. The molecule has 2 radical (unpaired) electrons. The van der Waals surface area contributed by atoms with Gasteiger partial charge in [0.25, 0.3) is 6.79 Å².